The van der Waals surface area contributed by atoms with E-state index in [0.29, 0.717) is 26.2 Å². The van der Waals surface area contributed by atoms with Crippen LogP contribution in [0.2, 0.25) is 0 Å². The molecule has 0 bridgehead atoms. The van der Waals surface area contributed by atoms with E-state index in [-0.39, 0.29) is 17.7 Å². The number of amides is 1. The fraction of sp³-hybridized carbons (Fsp3) is 0.632. The zero-order valence-electron chi connectivity index (χ0n) is 14.9. The van der Waals surface area contributed by atoms with Gasteiger partial charge < -0.3 is 14.8 Å². The molecule has 3 atom stereocenters. The van der Waals surface area contributed by atoms with E-state index in [1.807, 2.05) is 13.8 Å². The van der Waals surface area contributed by atoms with Gasteiger partial charge in [-0.05, 0) is 44.4 Å². The van der Waals surface area contributed by atoms with Crippen molar-refractivity contribution >= 4 is 5.91 Å². The summed E-state index contributed by atoms with van der Waals surface area (Å²) in [6.45, 7) is 5.52. The standard InChI is InChI=1S/C19H24F3NO3/c1-18(2,9-12-3-5-14(6-4-12)19(20,21)22)23-17(24)16-15-7-8-25-10-13(15)11-26-16/h3-6,13,15-16H,7-11H2,1-2H3,(H,23,24). The highest BCUT2D eigenvalue weighted by Gasteiger charge is 2.43. The van der Waals surface area contributed by atoms with Crippen molar-refractivity contribution in [2.75, 3.05) is 19.8 Å². The Kier molecular flexibility index (Phi) is 5.30. The monoisotopic (exact) mass is 371 g/mol. The van der Waals surface area contributed by atoms with Crippen molar-refractivity contribution in [2.45, 2.75) is 44.5 Å². The van der Waals surface area contributed by atoms with Crippen molar-refractivity contribution < 1.29 is 27.4 Å². The van der Waals surface area contributed by atoms with Crippen LogP contribution in [0, 0.1) is 11.8 Å². The van der Waals surface area contributed by atoms with Gasteiger partial charge in [0.05, 0.1) is 18.8 Å². The average Bonchev–Trinajstić information content (AvgIpc) is 2.97. The minimum absolute atomic E-state index is 0.156. The molecule has 0 aliphatic carbocycles. The Morgan fingerprint density at radius 1 is 1.19 bits per heavy atom. The largest absolute Gasteiger partial charge is 0.416 e. The van der Waals surface area contributed by atoms with E-state index in [9.17, 15) is 18.0 Å². The van der Waals surface area contributed by atoms with Crippen molar-refractivity contribution in [1.82, 2.24) is 5.32 Å². The smallest absolute Gasteiger partial charge is 0.381 e. The van der Waals surface area contributed by atoms with E-state index in [4.69, 9.17) is 9.47 Å². The second-order valence-electron chi connectivity index (χ2n) is 7.79. The number of hydrogen-bond acceptors (Lipinski definition) is 3. The first-order valence-electron chi connectivity index (χ1n) is 8.83. The van der Waals surface area contributed by atoms with Crippen LogP contribution in [-0.4, -0.2) is 37.4 Å². The first-order valence-corrected chi connectivity index (χ1v) is 8.83. The number of rotatable bonds is 4. The zero-order valence-corrected chi connectivity index (χ0v) is 14.9. The van der Waals surface area contributed by atoms with Crippen LogP contribution in [0.15, 0.2) is 24.3 Å². The van der Waals surface area contributed by atoms with E-state index in [1.165, 1.54) is 12.1 Å². The summed E-state index contributed by atoms with van der Waals surface area (Å²) in [5.74, 6) is 0.277. The summed E-state index contributed by atoms with van der Waals surface area (Å²) >= 11 is 0. The van der Waals surface area contributed by atoms with Gasteiger partial charge >= 0.3 is 6.18 Å². The second kappa shape index (κ2) is 7.19. The Labute approximate surface area is 151 Å². The zero-order chi connectivity index (χ0) is 18.9. The summed E-state index contributed by atoms with van der Waals surface area (Å²) in [7, 11) is 0. The summed E-state index contributed by atoms with van der Waals surface area (Å²) < 4.78 is 49.1. The van der Waals surface area contributed by atoms with Crippen molar-refractivity contribution in [1.29, 1.82) is 0 Å². The third-order valence-corrected chi connectivity index (χ3v) is 5.06. The van der Waals surface area contributed by atoms with Crippen LogP contribution < -0.4 is 5.32 Å². The SMILES string of the molecule is CC(C)(Cc1ccc(C(F)(F)F)cc1)NC(=O)C1OCC2COCCC21. The maximum Gasteiger partial charge on any atom is 0.416 e. The van der Waals surface area contributed by atoms with Crippen LogP contribution in [0.25, 0.3) is 0 Å². The molecule has 2 saturated heterocycles. The Hall–Kier alpha value is -1.60. The predicted molar refractivity (Wildman–Crippen MR) is 89.5 cm³/mol. The number of alkyl halides is 3. The van der Waals surface area contributed by atoms with Gasteiger partial charge in [-0.1, -0.05) is 12.1 Å². The van der Waals surface area contributed by atoms with Crippen molar-refractivity contribution in [3.8, 4) is 0 Å². The topological polar surface area (TPSA) is 47.6 Å². The first kappa shape index (κ1) is 19.2. The van der Waals surface area contributed by atoms with Crippen LogP contribution in [0.1, 0.15) is 31.4 Å². The van der Waals surface area contributed by atoms with Gasteiger partial charge in [0.15, 0.2) is 0 Å². The molecule has 7 heteroatoms. The van der Waals surface area contributed by atoms with Crippen LogP contribution in [0.4, 0.5) is 13.2 Å². The quantitative estimate of drug-likeness (QED) is 0.884. The minimum Gasteiger partial charge on any atom is -0.381 e. The molecular weight excluding hydrogens is 347 g/mol. The molecule has 0 radical (unpaired) electrons. The molecule has 1 aromatic rings. The van der Waals surface area contributed by atoms with Gasteiger partial charge in [-0.3, -0.25) is 4.79 Å². The molecule has 4 nitrogen and oxygen atoms in total. The molecule has 3 unspecified atom stereocenters. The Balaban J connectivity index is 1.60. The summed E-state index contributed by atoms with van der Waals surface area (Å²) in [6, 6.07) is 5.05. The van der Waals surface area contributed by atoms with Gasteiger partial charge in [-0.2, -0.15) is 13.2 Å². The molecule has 144 valence electrons. The van der Waals surface area contributed by atoms with Crippen molar-refractivity contribution in [3.63, 3.8) is 0 Å². The lowest BCUT2D eigenvalue weighted by Crippen LogP contribution is -2.51. The molecule has 2 heterocycles. The molecule has 2 fully saturated rings. The molecule has 1 N–H and O–H groups in total. The number of nitrogens with one attached hydrogen (secondary N) is 1. The van der Waals surface area contributed by atoms with Gasteiger partial charge in [0.1, 0.15) is 6.10 Å². The Morgan fingerprint density at radius 3 is 2.54 bits per heavy atom. The van der Waals surface area contributed by atoms with Gasteiger partial charge in [0.2, 0.25) is 5.91 Å². The van der Waals surface area contributed by atoms with E-state index in [0.717, 1.165) is 24.1 Å². The normalized spacial score (nSPS) is 26.4. The highest BCUT2D eigenvalue weighted by Crippen LogP contribution is 2.34. The third-order valence-electron chi connectivity index (χ3n) is 5.06. The maximum absolute atomic E-state index is 12.7. The predicted octanol–water partition coefficient (Wildman–Crippen LogP) is 3.19. The lowest BCUT2D eigenvalue weighted by Gasteiger charge is -2.31. The number of fused-ring (bicyclic) bond motifs is 1. The second-order valence-corrected chi connectivity index (χ2v) is 7.79. The lowest BCUT2D eigenvalue weighted by atomic mass is 9.86. The molecular formula is C19H24F3NO3. The van der Waals surface area contributed by atoms with Gasteiger partial charge in [0.25, 0.3) is 0 Å². The summed E-state index contributed by atoms with van der Waals surface area (Å²) in [5.41, 5.74) is -0.531. The number of ether oxygens (including phenoxy) is 2. The third kappa shape index (κ3) is 4.38. The molecule has 2 aliphatic rings. The maximum atomic E-state index is 12.7. The number of hydrogen-bond donors (Lipinski definition) is 1. The first-order chi connectivity index (χ1) is 12.2. The number of carbonyl (C=O) groups excluding carboxylic acids is 1. The van der Waals surface area contributed by atoms with Crippen molar-refractivity contribution in [3.05, 3.63) is 35.4 Å². The van der Waals surface area contributed by atoms with E-state index >= 15 is 0 Å². The number of carbonyl (C=O) groups is 1. The molecule has 1 amide bonds. The van der Waals surface area contributed by atoms with E-state index < -0.39 is 23.4 Å². The van der Waals surface area contributed by atoms with Crippen LogP contribution in [0.3, 0.4) is 0 Å². The van der Waals surface area contributed by atoms with E-state index in [2.05, 4.69) is 5.32 Å². The molecule has 26 heavy (non-hydrogen) atoms. The number of halogens is 3. The summed E-state index contributed by atoms with van der Waals surface area (Å²) in [6.07, 6.45) is -3.58. The molecule has 0 spiro atoms. The average molecular weight is 371 g/mol. The summed E-state index contributed by atoms with van der Waals surface area (Å²) in [5, 5.41) is 3.00. The van der Waals surface area contributed by atoms with E-state index in [1.54, 1.807) is 0 Å². The van der Waals surface area contributed by atoms with Gasteiger partial charge in [-0.15, -0.1) is 0 Å². The lowest BCUT2D eigenvalue weighted by molar-refractivity contribution is -0.137. The Morgan fingerprint density at radius 2 is 1.88 bits per heavy atom. The molecule has 0 aromatic heterocycles. The molecule has 3 rings (SSSR count). The van der Waals surface area contributed by atoms with Crippen LogP contribution >= 0.6 is 0 Å². The van der Waals surface area contributed by atoms with Gasteiger partial charge in [-0.25, -0.2) is 0 Å². The fourth-order valence-corrected chi connectivity index (χ4v) is 3.78. The van der Waals surface area contributed by atoms with Crippen LogP contribution in [0.5, 0.6) is 0 Å². The highest BCUT2D eigenvalue weighted by molar-refractivity contribution is 5.82. The molecule has 2 aliphatic heterocycles. The van der Waals surface area contributed by atoms with Gasteiger partial charge in [0, 0.05) is 24.0 Å². The highest BCUT2D eigenvalue weighted by atomic mass is 19.4. The van der Waals surface area contributed by atoms with Crippen LogP contribution in [-0.2, 0) is 26.9 Å². The fourth-order valence-electron chi connectivity index (χ4n) is 3.78. The number of benzene rings is 1. The molecule has 0 saturated carbocycles. The molecule has 1 aromatic carbocycles. The summed E-state index contributed by atoms with van der Waals surface area (Å²) in [4.78, 5) is 12.7. The Bertz CT molecular complexity index is 642. The van der Waals surface area contributed by atoms with Crippen molar-refractivity contribution in [2.24, 2.45) is 11.8 Å². The minimum atomic E-state index is -4.34.